The van der Waals surface area contributed by atoms with Gasteiger partial charge in [0.15, 0.2) is 0 Å². The van der Waals surface area contributed by atoms with Crippen LogP contribution in [0.3, 0.4) is 0 Å². The lowest BCUT2D eigenvalue weighted by atomic mass is 10.1. The highest BCUT2D eigenvalue weighted by molar-refractivity contribution is 8.00. The van der Waals surface area contributed by atoms with E-state index < -0.39 is 0 Å². The Bertz CT molecular complexity index is 558. The number of nitrogens with one attached hydrogen (secondary N) is 1. The molecule has 0 aliphatic carbocycles. The topological polar surface area (TPSA) is 24.9 Å². The molecule has 1 aromatic heterocycles. The quantitative estimate of drug-likeness (QED) is 0.852. The number of hydrogen-bond donors (Lipinski definition) is 1. The third kappa shape index (κ3) is 2.03. The van der Waals surface area contributed by atoms with Crippen LogP contribution in [0, 0.1) is 0 Å². The predicted octanol–water partition coefficient (Wildman–Crippen LogP) is 3.61. The molecule has 0 bridgehead atoms. The van der Waals surface area contributed by atoms with Crippen molar-refractivity contribution in [2.45, 2.75) is 17.5 Å². The van der Waals surface area contributed by atoms with Crippen molar-refractivity contribution >= 4 is 34.3 Å². The van der Waals surface area contributed by atoms with E-state index in [1.54, 1.807) is 0 Å². The molecule has 2 heterocycles. The van der Waals surface area contributed by atoms with Gasteiger partial charge in [0.05, 0.1) is 10.9 Å². The minimum Gasteiger partial charge on any atom is -0.300 e. The van der Waals surface area contributed by atoms with Crippen molar-refractivity contribution in [3.05, 3.63) is 41.0 Å². The van der Waals surface area contributed by atoms with Crippen LogP contribution in [0.2, 0.25) is 5.02 Å². The maximum atomic E-state index is 6.20. The molecule has 0 amide bonds. The van der Waals surface area contributed by atoms with Crippen LogP contribution >= 0.6 is 23.4 Å². The van der Waals surface area contributed by atoms with Gasteiger partial charge in [0, 0.05) is 34.0 Å². The number of hydrogen-bond acceptors (Lipinski definition) is 3. The van der Waals surface area contributed by atoms with E-state index in [-0.39, 0.29) is 0 Å². The maximum absolute atomic E-state index is 6.20. The molecule has 1 saturated heterocycles. The normalized spacial score (nSPS) is 24.4. The van der Waals surface area contributed by atoms with Crippen LogP contribution < -0.4 is 5.32 Å². The van der Waals surface area contributed by atoms with Crippen LogP contribution in [0.25, 0.3) is 10.9 Å². The number of pyridine rings is 1. The molecule has 2 aromatic rings. The van der Waals surface area contributed by atoms with E-state index in [2.05, 4.69) is 23.3 Å². The molecule has 4 heteroatoms. The summed E-state index contributed by atoms with van der Waals surface area (Å²) < 4.78 is 0. The summed E-state index contributed by atoms with van der Waals surface area (Å²) in [6, 6.07) is 8.00. The van der Waals surface area contributed by atoms with Crippen molar-refractivity contribution in [2.75, 3.05) is 6.54 Å². The molecule has 1 N–H and O–H groups in total. The first-order chi connectivity index (χ1) is 8.25. The van der Waals surface area contributed by atoms with E-state index in [1.165, 1.54) is 5.56 Å². The number of aromatic nitrogens is 1. The fourth-order valence-electron chi connectivity index (χ4n) is 2.16. The van der Waals surface area contributed by atoms with Crippen LogP contribution in [0.1, 0.15) is 17.9 Å². The molecule has 17 heavy (non-hydrogen) atoms. The summed E-state index contributed by atoms with van der Waals surface area (Å²) in [6.07, 6.45) is 1.82. The molecule has 0 saturated carbocycles. The van der Waals surface area contributed by atoms with Gasteiger partial charge in [0.2, 0.25) is 0 Å². The van der Waals surface area contributed by atoms with E-state index in [4.69, 9.17) is 11.6 Å². The second kappa shape index (κ2) is 4.48. The van der Waals surface area contributed by atoms with Crippen LogP contribution in [0.15, 0.2) is 30.5 Å². The highest BCUT2D eigenvalue weighted by atomic mass is 35.5. The fourth-order valence-corrected chi connectivity index (χ4v) is 3.56. The molecule has 88 valence electrons. The van der Waals surface area contributed by atoms with E-state index >= 15 is 0 Å². The molecule has 1 aromatic carbocycles. The smallest absolute Gasteiger partial charge is 0.0814 e. The van der Waals surface area contributed by atoms with Gasteiger partial charge in [-0.15, -0.1) is 11.8 Å². The summed E-state index contributed by atoms with van der Waals surface area (Å²) in [5.41, 5.74) is 2.25. The molecule has 2 unspecified atom stereocenters. The Hall–Kier alpha value is -0.770. The van der Waals surface area contributed by atoms with Gasteiger partial charge in [0.25, 0.3) is 0 Å². The Labute approximate surface area is 110 Å². The van der Waals surface area contributed by atoms with E-state index in [0.717, 1.165) is 22.5 Å². The predicted molar refractivity (Wildman–Crippen MR) is 74.5 cm³/mol. The monoisotopic (exact) mass is 264 g/mol. The van der Waals surface area contributed by atoms with Crippen molar-refractivity contribution < 1.29 is 0 Å². The van der Waals surface area contributed by atoms with Gasteiger partial charge in [0.1, 0.15) is 0 Å². The minimum absolute atomic E-state index is 0.333. The third-order valence-corrected chi connectivity index (χ3v) is 4.64. The maximum Gasteiger partial charge on any atom is 0.0814 e. The summed E-state index contributed by atoms with van der Waals surface area (Å²) in [5, 5.41) is 6.30. The minimum atomic E-state index is 0.333. The fraction of sp³-hybridized carbons (Fsp3) is 0.308. The Balaban J connectivity index is 2.14. The molecule has 3 rings (SSSR count). The summed E-state index contributed by atoms with van der Waals surface area (Å²) in [4.78, 5) is 4.47. The highest BCUT2D eigenvalue weighted by Crippen LogP contribution is 2.38. The number of halogens is 1. The Morgan fingerprint density at radius 1 is 1.41 bits per heavy atom. The molecular formula is C13H13ClN2S. The van der Waals surface area contributed by atoms with Crippen LogP contribution in [0.5, 0.6) is 0 Å². The van der Waals surface area contributed by atoms with E-state index in [0.29, 0.717) is 10.6 Å². The standard InChI is InChI=1S/C13H13ClN2S/c1-8-7-16-13(17-8)10-4-5-11(14)9-3-2-6-15-12(9)10/h2-6,8,13,16H,7H2,1H3. The zero-order valence-corrected chi connectivity index (χ0v) is 11.1. The molecule has 1 aliphatic rings. The number of fused-ring (bicyclic) bond motifs is 1. The van der Waals surface area contributed by atoms with Gasteiger partial charge in [-0.3, -0.25) is 4.98 Å². The van der Waals surface area contributed by atoms with Crippen LogP contribution in [-0.4, -0.2) is 16.8 Å². The number of thioether (sulfide) groups is 1. The second-order valence-electron chi connectivity index (χ2n) is 4.27. The average molecular weight is 265 g/mol. The number of rotatable bonds is 1. The first kappa shape index (κ1) is 11.3. The van der Waals surface area contributed by atoms with Crippen molar-refractivity contribution in [3.63, 3.8) is 0 Å². The van der Waals surface area contributed by atoms with Gasteiger partial charge in [-0.1, -0.05) is 24.6 Å². The Morgan fingerprint density at radius 3 is 3.06 bits per heavy atom. The van der Waals surface area contributed by atoms with Crippen LogP contribution in [0.4, 0.5) is 0 Å². The van der Waals surface area contributed by atoms with E-state index in [9.17, 15) is 0 Å². The Kier molecular flexibility index (Phi) is 2.99. The van der Waals surface area contributed by atoms with Crippen molar-refractivity contribution in [1.82, 2.24) is 10.3 Å². The van der Waals surface area contributed by atoms with Crippen molar-refractivity contribution in [3.8, 4) is 0 Å². The molecule has 0 radical (unpaired) electrons. The van der Waals surface area contributed by atoms with Gasteiger partial charge in [-0.2, -0.15) is 0 Å². The van der Waals surface area contributed by atoms with Crippen LogP contribution in [-0.2, 0) is 0 Å². The Morgan fingerprint density at radius 2 is 2.29 bits per heavy atom. The summed E-state index contributed by atoms with van der Waals surface area (Å²) in [7, 11) is 0. The largest absolute Gasteiger partial charge is 0.300 e. The first-order valence-electron chi connectivity index (χ1n) is 5.67. The van der Waals surface area contributed by atoms with Gasteiger partial charge < -0.3 is 5.32 Å². The van der Waals surface area contributed by atoms with Gasteiger partial charge >= 0.3 is 0 Å². The zero-order chi connectivity index (χ0) is 11.8. The van der Waals surface area contributed by atoms with Gasteiger partial charge in [-0.25, -0.2) is 0 Å². The lowest BCUT2D eigenvalue weighted by Gasteiger charge is -2.13. The van der Waals surface area contributed by atoms with Gasteiger partial charge in [-0.05, 0) is 18.2 Å². The number of nitrogens with zero attached hydrogens (tertiary/aromatic N) is 1. The molecule has 1 fully saturated rings. The molecule has 0 spiro atoms. The number of benzene rings is 1. The average Bonchev–Trinajstić information content (AvgIpc) is 2.77. The second-order valence-corrected chi connectivity index (χ2v) is 6.23. The summed E-state index contributed by atoms with van der Waals surface area (Å²) >= 11 is 8.14. The first-order valence-corrected chi connectivity index (χ1v) is 7.00. The molecule has 2 atom stereocenters. The molecule has 1 aliphatic heterocycles. The summed E-state index contributed by atoms with van der Waals surface area (Å²) in [6.45, 7) is 3.29. The molecular weight excluding hydrogens is 252 g/mol. The third-order valence-electron chi connectivity index (χ3n) is 2.99. The zero-order valence-electron chi connectivity index (χ0n) is 9.48. The molecule has 2 nitrogen and oxygen atoms in total. The SMILES string of the molecule is CC1CNC(c2ccc(Cl)c3cccnc23)S1. The lowest BCUT2D eigenvalue weighted by Crippen LogP contribution is -2.14. The van der Waals surface area contributed by atoms with Crippen molar-refractivity contribution in [2.24, 2.45) is 0 Å². The lowest BCUT2D eigenvalue weighted by molar-refractivity contribution is 0.720. The van der Waals surface area contributed by atoms with E-state index in [1.807, 2.05) is 36.2 Å². The van der Waals surface area contributed by atoms with Crippen molar-refractivity contribution in [1.29, 1.82) is 0 Å². The highest BCUT2D eigenvalue weighted by Gasteiger charge is 2.24. The summed E-state index contributed by atoms with van der Waals surface area (Å²) in [5.74, 6) is 0.